The van der Waals surface area contributed by atoms with Gasteiger partial charge in [0.25, 0.3) is 0 Å². The third-order valence-electron chi connectivity index (χ3n) is 8.96. The Balaban J connectivity index is 1.37. The first kappa shape index (κ1) is 32.8. The van der Waals surface area contributed by atoms with E-state index in [4.69, 9.17) is 4.74 Å². The Kier molecular flexibility index (Phi) is 8.96. The fourth-order valence-electron chi connectivity index (χ4n) is 6.69. The predicted octanol–water partition coefficient (Wildman–Crippen LogP) is 4.75. The van der Waals surface area contributed by atoms with Gasteiger partial charge in [0.05, 0.1) is 12.2 Å². The van der Waals surface area contributed by atoms with E-state index in [1.165, 1.54) is 12.1 Å². The van der Waals surface area contributed by atoms with Crippen molar-refractivity contribution < 1.29 is 27.9 Å². The number of rotatable bonds is 6. The van der Waals surface area contributed by atoms with E-state index in [1.807, 2.05) is 38.7 Å². The third kappa shape index (κ3) is 7.29. The van der Waals surface area contributed by atoms with Gasteiger partial charge < -0.3 is 19.4 Å². The minimum absolute atomic E-state index is 0.0871. The van der Waals surface area contributed by atoms with Crippen molar-refractivity contribution in [2.75, 3.05) is 44.2 Å². The zero-order chi connectivity index (χ0) is 32.8. The number of hydrogen-bond acceptors (Lipinski definition) is 6. The summed E-state index contributed by atoms with van der Waals surface area (Å²) < 4.78 is 33.6. The lowest BCUT2D eigenvalue weighted by Gasteiger charge is -2.46. The molecular weight excluding hydrogens is 580 g/mol. The summed E-state index contributed by atoms with van der Waals surface area (Å²) in [5.41, 5.74) is 1.57. The molecular formula is C34H45F2N5O4. The van der Waals surface area contributed by atoms with E-state index < -0.39 is 23.3 Å². The lowest BCUT2D eigenvalue weighted by atomic mass is 9.88. The molecule has 2 saturated heterocycles. The molecule has 1 aromatic carbocycles. The highest BCUT2D eigenvalue weighted by Crippen LogP contribution is 2.41. The van der Waals surface area contributed by atoms with E-state index in [1.54, 1.807) is 16.0 Å². The number of fused-ring (bicyclic) bond motifs is 1. The van der Waals surface area contributed by atoms with Crippen molar-refractivity contribution in [1.82, 2.24) is 19.7 Å². The first-order valence-electron chi connectivity index (χ1n) is 15.8. The molecule has 3 aliphatic rings. The molecule has 0 bridgehead atoms. The summed E-state index contributed by atoms with van der Waals surface area (Å²) >= 11 is 0. The molecule has 0 N–H and O–H groups in total. The summed E-state index contributed by atoms with van der Waals surface area (Å²) in [7, 11) is 0. The maximum Gasteiger partial charge on any atom is 0.410 e. The van der Waals surface area contributed by atoms with Gasteiger partial charge in [-0.25, -0.2) is 13.6 Å². The highest BCUT2D eigenvalue weighted by Gasteiger charge is 2.43. The number of ether oxygens (including phenoxy) is 1. The van der Waals surface area contributed by atoms with Crippen molar-refractivity contribution in [3.05, 3.63) is 58.9 Å². The second-order valence-electron chi connectivity index (χ2n) is 14.6. The standard InChI is InChI=1S/C34H45F2N5O4/c1-21-10-30(42)39(15-21)17-26-18-40(32(44)45-33(3,4)5)22(2)16-38(26)19-31(43)41-20-34(6,7)27-14-37-25(13-29(27)41)11-23-8-9-24(35)12-28(23)36/h8-9,12-14,21-22,26H,10-11,15-20H2,1-7H3/t21-,22-,26+/m1/s1. The van der Waals surface area contributed by atoms with E-state index in [0.29, 0.717) is 50.4 Å². The van der Waals surface area contributed by atoms with Crippen LogP contribution in [-0.4, -0.2) is 94.5 Å². The van der Waals surface area contributed by atoms with Crippen LogP contribution < -0.4 is 4.90 Å². The number of piperazine rings is 1. The van der Waals surface area contributed by atoms with E-state index in [0.717, 1.165) is 17.3 Å². The molecule has 0 spiro atoms. The number of hydrogen-bond donors (Lipinski definition) is 0. The Morgan fingerprint density at radius 2 is 1.82 bits per heavy atom. The topological polar surface area (TPSA) is 86.3 Å². The molecule has 5 rings (SSSR count). The number of carbonyl (C=O) groups is 3. The largest absolute Gasteiger partial charge is 0.444 e. The number of carbonyl (C=O) groups excluding carboxylic acids is 3. The van der Waals surface area contributed by atoms with Crippen molar-refractivity contribution >= 4 is 23.6 Å². The molecule has 0 radical (unpaired) electrons. The molecule has 2 fully saturated rings. The Bertz CT molecular complexity index is 1470. The molecule has 0 saturated carbocycles. The molecule has 1 aromatic heterocycles. The van der Waals surface area contributed by atoms with Crippen LogP contribution in [0.3, 0.4) is 0 Å². The van der Waals surface area contributed by atoms with Crippen LogP contribution in [0.5, 0.6) is 0 Å². The average molecular weight is 626 g/mol. The van der Waals surface area contributed by atoms with Crippen molar-refractivity contribution in [2.45, 2.75) is 84.4 Å². The Morgan fingerprint density at radius 1 is 1.09 bits per heavy atom. The number of anilines is 1. The molecule has 11 heteroatoms. The van der Waals surface area contributed by atoms with Crippen LogP contribution >= 0.6 is 0 Å². The number of pyridine rings is 1. The normalized spacial score (nSPS) is 23.4. The summed E-state index contributed by atoms with van der Waals surface area (Å²) in [6.45, 7) is 16.0. The van der Waals surface area contributed by atoms with Gasteiger partial charge in [0.1, 0.15) is 17.2 Å². The molecule has 9 nitrogen and oxygen atoms in total. The van der Waals surface area contributed by atoms with Gasteiger partial charge in [-0.05, 0) is 51.3 Å². The maximum atomic E-state index is 14.4. The highest BCUT2D eigenvalue weighted by atomic mass is 19.1. The average Bonchev–Trinajstić information content (AvgIpc) is 3.39. The number of amides is 3. The quantitative estimate of drug-likeness (QED) is 0.461. The minimum atomic E-state index is -0.647. The van der Waals surface area contributed by atoms with Gasteiger partial charge in [-0.1, -0.05) is 26.8 Å². The van der Waals surface area contributed by atoms with Crippen LogP contribution in [0.1, 0.15) is 71.7 Å². The highest BCUT2D eigenvalue weighted by molar-refractivity contribution is 5.97. The summed E-state index contributed by atoms with van der Waals surface area (Å²) in [4.78, 5) is 52.0. The van der Waals surface area contributed by atoms with Crippen molar-refractivity contribution in [1.29, 1.82) is 0 Å². The van der Waals surface area contributed by atoms with E-state index in [-0.39, 0.29) is 48.2 Å². The zero-order valence-electron chi connectivity index (χ0n) is 27.4. The summed E-state index contributed by atoms with van der Waals surface area (Å²) in [6.07, 6.45) is 2.01. The van der Waals surface area contributed by atoms with Crippen LogP contribution in [0.15, 0.2) is 30.5 Å². The van der Waals surface area contributed by atoms with Crippen LogP contribution in [0.25, 0.3) is 0 Å². The summed E-state index contributed by atoms with van der Waals surface area (Å²) in [5.74, 6) is -1.03. The van der Waals surface area contributed by atoms with Gasteiger partial charge in [-0.3, -0.25) is 19.5 Å². The van der Waals surface area contributed by atoms with Gasteiger partial charge in [0.2, 0.25) is 11.8 Å². The van der Waals surface area contributed by atoms with Gasteiger partial charge in [0, 0.05) is 86.6 Å². The Labute approximate surface area is 264 Å². The molecule has 2 aromatic rings. The van der Waals surface area contributed by atoms with Gasteiger partial charge in [0.15, 0.2) is 0 Å². The number of likely N-dealkylation sites (tertiary alicyclic amines) is 1. The smallest absolute Gasteiger partial charge is 0.410 e. The molecule has 45 heavy (non-hydrogen) atoms. The van der Waals surface area contributed by atoms with Gasteiger partial charge in [-0.15, -0.1) is 0 Å². The first-order valence-corrected chi connectivity index (χ1v) is 15.8. The second-order valence-corrected chi connectivity index (χ2v) is 14.6. The number of aromatic nitrogens is 1. The van der Waals surface area contributed by atoms with Crippen LogP contribution in [-0.2, 0) is 26.2 Å². The Morgan fingerprint density at radius 3 is 2.47 bits per heavy atom. The predicted molar refractivity (Wildman–Crippen MR) is 167 cm³/mol. The molecule has 0 aliphatic carbocycles. The monoisotopic (exact) mass is 625 g/mol. The number of benzene rings is 1. The fraction of sp³-hybridized carbons (Fsp3) is 0.588. The minimum Gasteiger partial charge on any atom is -0.444 e. The maximum absolute atomic E-state index is 14.4. The molecule has 0 unspecified atom stereocenters. The third-order valence-corrected chi connectivity index (χ3v) is 8.96. The number of nitrogens with zero attached hydrogens (tertiary/aromatic N) is 5. The summed E-state index contributed by atoms with van der Waals surface area (Å²) in [6, 6.07) is 4.86. The lowest BCUT2D eigenvalue weighted by molar-refractivity contribution is -0.129. The molecule has 244 valence electrons. The molecule has 3 amide bonds. The fourth-order valence-corrected chi connectivity index (χ4v) is 6.69. The SMILES string of the molecule is C[C@@H]1CC(=O)N(C[C@H]2CN(C(=O)OC(C)(C)C)[C@H](C)CN2CC(=O)N2CC(C)(C)c3cnc(Cc4ccc(F)cc4F)cc32)C1. The van der Waals surface area contributed by atoms with Crippen molar-refractivity contribution in [3.8, 4) is 0 Å². The van der Waals surface area contributed by atoms with Crippen molar-refractivity contribution in [2.24, 2.45) is 5.92 Å². The first-order chi connectivity index (χ1) is 21.0. The summed E-state index contributed by atoms with van der Waals surface area (Å²) in [5, 5.41) is 0. The molecule has 3 aliphatic heterocycles. The van der Waals surface area contributed by atoms with Gasteiger partial charge in [-0.2, -0.15) is 0 Å². The van der Waals surface area contributed by atoms with Crippen LogP contribution in [0, 0.1) is 17.6 Å². The second kappa shape index (κ2) is 12.3. The van der Waals surface area contributed by atoms with Crippen LogP contribution in [0.2, 0.25) is 0 Å². The van der Waals surface area contributed by atoms with Crippen LogP contribution in [0.4, 0.5) is 19.3 Å². The van der Waals surface area contributed by atoms with Crippen molar-refractivity contribution in [3.63, 3.8) is 0 Å². The Hall–Kier alpha value is -3.60. The zero-order valence-corrected chi connectivity index (χ0v) is 27.4. The molecule has 4 heterocycles. The number of halogens is 2. The molecule has 3 atom stereocenters. The lowest BCUT2D eigenvalue weighted by Crippen LogP contribution is -2.63. The van der Waals surface area contributed by atoms with E-state index >= 15 is 0 Å². The van der Waals surface area contributed by atoms with E-state index in [9.17, 15) is 23.2 Å². The van der Waals surface area contributed by atoms with E-state index in [2.05, 4.69) is 30.7 Å². The van der Waals surface area contributed by atoms with Gasteiger partial charge >= 0.3 is 6.09 Å².